The van der Waals surface area contributed by atoms with Gasteiger partial charge >= 0.3 is 0 Å². The highest BCUT2D eigenvalue weighted by Crippen LogP contribution is 2.59. The molecule has 2 saturated heterocycles. The van der Waals surface area contributed by atoms with Crippen molar-refractivity contribution in [3.05, 3.63) is 0 Å². The van der Waals surface area contributed by atoms with Crippen molar-refractivity contribution in [2.24, 2.45) is 58.2 Å². The summed E-state index contributed by atoms with van der Waals surface area (Å²) in [6.07, 6.45) is 32.9. The van der Waals surface area contributed by atoms with Crippen molar-refractivity contribution in [1.82, 2.24) is 10.6 Å². The van der Waals surface area contributed by atoms with Gasteiger partial charge in [-0.25, -0.2) is 0 Å². The number of hydrogen-bond donors (Lipinski definition) is 2. The lowest BCUT2D eigenvalue weighted by atomic mass is 9.52. The van der Waals surface area contributed by atoms with Crippen LogP contribution in [0.4, 0.5) is 0 Å². The Morgan fingerprint density at radius 1 is 0.404 bits per heavy atom. The van der Waals surface area contributed by atoms with E-state index in [9.17, 15) is 0 Å². The van der Waals surface area contributed by atoms with Gasteiger partial charge in [0.05, 0.1) is 0 Å². The topological polar surface area (TPSA) is 24.1 Å². The van der Waals surface area contributed by atoms with Crippen LogP contribution in [0.25, 0.3) is 0 Å². The van der Waals surface area contributed by atoms with E-state index in [1.807, 2.05) is 0 Å². The van der Waals surface area contributed by atoms with Gasteiger partial charge in [0.2, 0.25) is 0 Å². The second-order valence-corrected chi connectivity index (χ2v) is 18.1. The zero-order valence-electron chi connectivity index (χ0n) is 30.7. The first-order chi connectivity index (χ1) is 21.3. The Bertz CT molecular complexity index is 840. The Hall–Kier alpha value is -0.0800. The molecule has 4 saturated carbocycles. The Labute approximate surface area is 298 Å². The van der Waals surface area contributed by atoms with Gasteiger partial charge in [-0.2, -0.15) is 0 Å². The van der Waals surface area contributed by atoms with Crippen molar-refractivity contribution in [2.45, 2.75) is 217 Å². The molecule has 0 aromatic heterocycles. The summed E-state index contributed by atoms with van der Waals surface area (Å²) < 4.78 is 0. The lowest BCUT2D eigenvalue weighted by Gasteiger charge is -2.52. The van der Waals surface area contributed by atoms with E-state index in [0.717, 1.165) is 59.4 Å². The summed E-state index contributed by atoms with van der Waals surface area (Å²) in [5, 5.41) is 7.83. The van der Waals surface area contributed by atoms with E-state index < -0.39 is 0 Å². The van der Waals surface area contributed by atoms with Crippen LogP contribution in [0.1, 0.15) is 205 Å². The fraction of sp³-hybridized carbons (Fsp3) is 1.00. The minimum Gasteiger partial charge on any atom is -0.313 e. The van der Waals surface area contributed by atoms with E-state index >= 15 is 0 Å². The Morgan fingerprint density at radius 2 is 0.702 bits per heavy atom. The van der Waals surface area contributed by atoms with E-state index in [4.69, 9.17) is 0 Å². The standard InChI is InChI=1S/C22H41N.C20H37N.3CH4/c1-17-15-20-13-11-9-7-5-4-6-8-10-12-14-22(20)16-23-19(3)21(22)18(17)2;1-15-13-18-11-9-7-5-4-6-8-10-12-20(18)14-21-17(3)19(20)16(15)2;;;/h17-21,23H,4-16H2,1-3H3;15-19,21H,4-14H2,1-3H3;3*1H4/t17?,18-,19+,20+,21+,22+;15?,16-,17+,18+,19+,20+;;;/m11.../s1. The van der Waals surface area contributed by atoms with Crippen LogP contribution in [0.2, 0.25) is 0 Å². The molecule has 280 valence electrons. The zero-order valence-corrected chi connectivity index (χ0v) is 30.7. The summed E-state index contributed by atoms with van der Waals surface area (Å²) in [7, 11) is 0. The predicted octanol–water partition coefficient (Wildman–Crippen LogP) is 13.5. The molecule has 2 heteroatoms. The van der Waals surface area contributed by atoms with Crippen LogP contribution in [-0.2, 0) is 0 Å². The van der Waals surface area contributed by atoms with Crippen LogP contribution >= 0.6 is 0 Å². The molecule has 2 aliphatic heterocycles. The highest BCUT2D eigenvalue weighted by molar-refractivity contribution is 5.09. The van der Waals surface area contributed by atoms with Crippen molar-refractivity contribution in [3.8, 4) is 0 Å². The van der Waals surface area contributed by atoms with Gasteiger partial charge in [0, 0.05) is 25.2 Å². The van der Waals surface area contributed by atoms with Crippen molar-refractivity contribution >= 4 is 0 Å². The minimum absolute atomic E-state index is 0. The second-order valence-electron chi connectivity index (χ2n) is 18.1. The Morgan fingerprint density at radius 3 is 1.04 bits per heavy atom. The van der Waals surface area contributed by atoms with E-state index in [0.29, 0.717) is 10.8 Å². The highest BCUT2D eigenvalue weighted by atomic mass is 15.0. The maximum atomic E-state index is 3.93. The third kappa shape index (κ3) is 9.63. The quantitative estimate of drug-likeness (QED) is 0.271. The normalized spacial score (nSPS) is 44.8. The summed E-state index contributed by atoms with van der Waals surface area (Å²) in [6, 6.07) is 1.49. The molecule has 47 heavy (non-hydrogen) atoms. The van der Waals surface area contributed by atoms with Crippen LogP contribution < -0.4 is 10.6 Å². The molecule has 2 N–H and O–H groups in total. The van der Waals surface area contributed by atoms with Gasteiger partial charge < -0.3 is 10.6 Å². The van der Waals surface area contributed by atoms with E-state index in [1.165, 1.54) is 154 Å². The summed E-state index contributed by atoms with van der Waals surface area (Å²) in [5.74, 6) is 7.55. The molecule has 6 aliphatic rings. The average Bonchev–Trinajstić information content (AvgIpc) is 3.52. The molecular weight excluding hydrogens is 569 g/mol. The van der Waals surface area contributed by atoms with Crippen molar-refractivity contribution in [2.75, 3.05) is 13.1 Å². The van der Waals surface area contributed by atoms with Gasteiger partial charge in [0.15, 0.2) is 0 Å². The molecule has 6 fully saturated rings. The van der Waals surface area contributed by atoms with Gasteiger partial charge in [0.25, 0.3) is 0 Å². The fourth-order valence-corrected chi connectivity index (χ4v) is 13.0. The zero-order chi connectivity index (χ0) is 31.2. The molecule has 2 unspecified atom stereocenters. The summed E-state index contributed by atoms with van der Waals surface area (Å²) in [6.45, 7) is 17.8. The lowest BCUT2D eigenvalue weighted by molar-refractivity contribution is -0.0273. The molecule has 2 spiro atoms. The molecule has 0 amide bonds. The maximum Gasteiger partial charge on any atom is 0.00757 e. The third-order valence-corrected chi connectivity index (χ3v) is 15.7. The Kier molecular flexibility index (Phi) is 18.4. The van der Waals surface area contributed by atoms with E-state index in [-0.39, 0.29) is 22.3 Å². The van der Waals surface area contributed by atoms with Crippen molar-refractivity contribution < 1.29 is 0 Å². The monoisotopic (exact) mass is 659 g/mol. The molecule has 2 heterocycles. The first kappa shape index (κ1) is 43.1. The largest absolute Gasteiger partial charge is 0.313 e. The van der Waals surface area contributed by atoms with E-state index in [1.54, 1.807) is 0 Å². The first-order valence-electron chi connectivity index (χ1n) is 20.8. The molecule has 0 bridgehead atoms. The van der Waals surface area contributed by atoms with Crippen LogP contribution in [-0.4, -0.2) is 25.2 Å². The van der Waals surface area contributed by atoms with Crippen LogP contribution in [0, 0.1) is 58.2 Å². The van der Waals surface area contributed by atoms with E-state index in [2.05, 4.69) is 52.2 Å². The summed E-state index contributed by atoms with van der Waals surface area (Å²) in [5.41, 5.74) is 1.29. The second kappa shape index (κ2) is 20.1. The SMILES string of the molecule is C.C.C.CC1C[C@@H]2CCCCCCCCCCC[C@]23CN[C@@H](C)[C@@H]3[C@@H]1C.CC1C[C@@H]2CCCCCCCCC[C@]23CN[C@@H](C)[C@@H]3[C@@H]1C. The lowest BCUT2D eigenvalue weighted by Crippen LogP contribution is -2.48. The third-order valence-electron chi connectivity index (χ3n) is 15.7. The molecule has 2 nitrogen and oxygen atoms in total. The molecule has 12 atom stereocenters. The molecule has 4 aliphatic carbocycles. The van der Waals surface area contributed by atoms with Gasteiger partial charge in [-0.05, 0) is 111 Å². The average molecular weight is 659 g/mol. The predicted molar refractivity (Wildman–Crippen MR) is 212 cm³/mol. The number of rotatable bonds is 0. The van der Waals surface area contributed by atoms with Gasteiger partial charge in [-0.1, -0.05) is 153 Å². The molecular formula is C45H90N2. The first-order valence-corrected chi connectivity index (χ1v) is 20.8. The van der Waals surface area contributed by atoms with Gasteiger partial charge in [-0.3, -0.25) is 0 Å². The molecule has 6 rings (SSSR count). The smallest absolute Gasteiger partial charge is 0.00757 e. The minimum atomic E-state index is 0. The van der Waals surface area contributed by atoms with Gasteiger partial charge in [-0.15, -0.1) is 0 Å². The summed E-state index contributed by atoms with van der Waals surface area (Å²) in [4.78, 5) is 0. The number of hydrogen-bond acceptors (Lipinski definition) is 2. The molecule has 0 aromatic rings. The fourth-order valence-electron chi connectivity index (χ4n) is 13.0. The van der Waals surface area contributed by atoms with Crippen LogP contribution in [0.3, 0.4) is 0 Å². The maximum absolute atomic E-state index is 3.93. The van der Waals surface area contributed by atoms with Crippen LogP contribution in [0.5, 0.6) is 0 Å². The Balaban J connectivity index is 0.000000308. The summed E-state index contributed by atoms with van der Waals surface area (Å²) >= 11 is 0. The van der Waals surface area contributed by atoms with Crippen molar-refractivity contribution in [1.29, 1.82) is 0 Å². The number of nitrogens with one attached hydrogen (secondary N) is 2. The van der Waals surface area contributed by atoms with Crippen LogP contribution in [0.15, 0.2) is 0 Å². The highest BCUT2D eigenvalue weighted by Gasteiger charge is 2.57. The van der Waals surface area contributed by atoms with Crippen molar-refractivity contribution in [3.63, 3.8) is 0 Å². The van der Waals surface area contributed by atoms with Gasteiger partial charge in [0.1, 0.15) is 0 Å². The molecule has 0 radical (unpaired) electrons. The molecule has 0 aromatic carbocycles.